The first kappa shape index (κ1) is 24.7. The van der Waals surface area contributed by atoms with Crippen molar-refractivity contribution < 1.29 is 9.53 Å². The number of nitrogens with two attached hydrogens (primary N) is 1. The standard InChI is InChI=1S/C31H30N6O2/c1-20-27(22-11-13-26(14-12-22)39-25-7-3-2-4-8-25)28-29(33)34-19-35-30(28)37(20)18-24-6-5-15-36(24)31(38)23(17-32)16-21-9-10-21/h2-4,7-8,11-14,16,19,21,24H,5-6,9-10,15,18H2,1H3,(H2,33,34,35)/t24-/m0/s1. The number of likely N-dealkylation sites (tertiary alicyclic amines) is 1. The number of nitrogens with zero attached hydrogens (tertiary/aromatic N) is 5. The molecule has 196 valence electrons. The summed E-state index contributed by atoms with van der Waals surface area (Å²) in [7, 11) is 0. The van der Waals surface area contributed by atoms with Crippen LogP contribution in [0.3, 0.4) is 0 Å². The lowest BCUT2D eigenvalue weighted by molar-refractivity contribution is -0.127. The molecule has 1 aliphatic heterocycles. The Morgan fingerprint density at radius 1 is 1.10 bits per heavy atom. The van der Waals surface area contributed by atoms with Gasteiger partial charge in [-0.25, -0.2) is 9.97 Å². The summed E-state index contributed by atoms with van der Waals surface area (Å²) in [5.41, 5.74) is 10.4. The van der Waals surface area contributed by atoms with Gasteiger partial charge in [-0.2, -0.15) is 5.26 Å². The summed E-state index contributed by atoms with van der Waals surface area (Å²) in [6, 6.07) is 19.7. The van der Waals surface area contributed by atoms with Crippen LogP contribution in [0.25, 0.3) is 22.2 Å². The van der Waals surface area contributed by atoms with Crippen molar-refractivity contribution in [2.45, 2.75) is 45.2 Å². The van der Waals surface area contributed by atoms with Crippen molar-refractivity contribution in [3.8, 4) is 28.7 Å². The van der Waals surface area contributed by atoms with E-state index in [0.29, 0.717) is 24.8 Å². The number of hydrogen-bond donors (Lipinski definition) is 1. The number of carbonyl (C=O) groups is 1. The number of nitrogen functional groups attached to an aromatic ring is 1. The molecule has 0 spiro atoms. The third-order valence-electron chi connectivity index (χ3n) is 7.66. The first-order valence-electron chi connectivity index (χ1n) is 13.4. The fourth-order valence-electron chi connectivity index (χ4n) is 5.51. The van der Waals surface area contributed by atoms with Crippen molar-refractivity contribution >= 4 is 22.8 Å². The molecule has 1 saturated heterocycles. The van der Waals surface area contributed by atoms with E-state index in [1.807, 2.05) is 65.6 Å². The van der Waals surface area contributed by atoms with Crippen LogP contribution in [0, 0.1) is 24.2 Å². The van der Waals surface area contributed by atoms with E-state index in [0.717, 1.165) is 65.0 Å². The van der Waals surface area contributed by atoms with Crippen molar-refractivity contribution in [1.82, 2.24) is 19.4 Å². The van der Waals surface area contributed by atoms with Crippen LogP contribution in [0.15, 0.2) is 72.6 Å². The van der Waals surface area contributed by atoms with Gasteiger partial charge in [0, 0.05) is 24.3 Å². The predicted molar refractivity (Wildman–Crippen MR) is 150 cm³/mol. The molecule has 0 bridgehead atoms. The van der Waals surface area contributed by atoms with Crippen LogP contribution < -0.4 is 10.5 Å². The fraction of sp³-hybridized carbons (Fsp3) is 0.290. The molecule has 8 heteroatoms. The molecule has 2 N–H and O–H groups in total. The second-order valence-corrected chi connectivity index (χ2v) is 10.3. The SMILES string of the molecule is Cc1c(-c2ccc(Oc3ccccc3)cc2)c2c(N)ncnc2n1C[C@@H]1CCCN1C(=O)C(C#N)=CC1CC1. The van der Waals surface area contributed by atoms with Crippen LogP contribution in [0.1, 0.15) is 31.4 Å². The molecule has 39 heavy (non-hydrogen) atoms. The van der Waals surface area contributed by atoms with Gasteiger partial charge in [0.15, 0.2) is 0 Å². The van der Waals surface area contributed by atoms with Gasteiger partial charge in [-0.3, -0.25) is 4.79 Å². The molecule has 2 aromatic heterocycles. The van der Waals surface area contributed by atoms with E-state index >= 15 is 0 Å². The second kappa shape index (κ2) is 10.3. The fourth-order valence-corrected chi connectivity index (χ4v) is 5.51. The number of amides is 1. The molecule has 2 aliphatic rings. The Labute approximate surface area is 227 Å². The zero-order valence-corrected chi connectivity index (χ0v) is 21.9. The number of aromatic nitrogens is 3. The maximum atomic E-state index is 13.3. The third-order valence-corrected chi connectivity index (χ3v) is 7.66. The van der Waals surface area contributed by atoms with E-state index in [2.05, 4.69) is 27.5 Å². The minimum Gasteiger partial charge on any atom is -0.457 e. The van der Waals surface area contributed by atoms with E-state index in [-0.39, 0.29) is 17.5 Å². The predicted octanol–water partition coefficient (Wildman–Crippen LogP) is 5.63. The Balaban J connectivity index is 1.32. The second-order valence-electron chi connectivity index (χ2n) is 10.3. The lowest BCUT2D eigenvalue weighted by Crippen LogP contribution is -2.39. The molecule has 0 unspecified atom stereocenters. The van der Waals surface area contributed by atoms with Crippen molar-refractivity contribution in [3.05, 3.63) is 78.3 Å². The van der Waals surface area contributed by atoms with Gasteiger partial charge in [0.05, 0.1) is 11.4 Å². The zero-order chi connectivity index (χ0) is 26.9. The van der Waals surface area contributed by atoms with Gasteiger partial charge < -0.3 is 19.9 Å². The summed E-state index contributed by atoms with van der Waals surface area (Å²) in [4.78, 5) is 24.1. The highest BCUT2D eigenvalue weighted by atomic mass is 16.5. The number of rotatable bonds is 7. The summed E-state index contributed by atoms with van der Waals surface area (Å²) in [6.07, 6.45) is 7.22. The monoisotopic (exact) mass is 518 g/mol. The topological polar surface area (TPSA) is 110 Å². The van der Waals surface area contributed by atoms with Crippen molar-refractivity contribution in [1.29, 1.82) is 5.26 Å². The maximum Gasteiger partial charge on any atom is 0.264 e. The molecule has 1 aliphatic carbocycles. The van der Waals surface area contributed by atoms with Gasteiger partial charge in [-0.05, 0) is 68.4 Å². The molecule has 2 fully saturated rings. The number of hydrogen-bond acceptors (Lipinski definition) is 6. The Morgan fingerprint density at radius 2 is 1.85 bits per heavy atom. The van der Waals surface area contributed by atoms with Crippen LogP contribution >= 0.6 is 0 Å². The van der Waals surface area contributed by atoms with Crippen LogP contribution in [0.2, 0.25) is 0 Å². The molecule has 1 amide bonds. The molecule has 6 rings (SSSR count). The summed E-state index contributed by atoms with van der Waals surface area (Å²) in [5.74, 6) is 2.14. The molecule has 1 saturated carbocycles. The Bertz CT molecular complexity index is 1600. The largest absolute Gasteiger partial charge is 0.457 e. The maximum absolute atomic E-state index is 13.3. The van der Waals surface area contributed by atoms with Crippen LogP contribution in [0.5, 0.6) is 11.5 Å². The van der Waals surface area contributed by atoms with E-state index < -0.39 is 0 Å². The van der Waals surface area contributed by atoms with Crippen LogP contribution in [0.4, 0.5) is 5.82 Å². The van der Waals surface area contributed by atoms with Gasteiger partial charge in [0.1, 0.15) is 40.9 Å². The molecule has 8 nitrogen and oxygen atoms in total. The molecule has 2 aromatic carbocycles. The van der Waals surface area contributed by atoms with E-state index in [4.69, 9.17) is 10.5 Å². The van der Waals surface area contributed by atoms with Crippen molar-refractivity contribution in [3.63, 3.8) is 0 Å². The zero-order valence-electron chi connectivity index (χ0n) is 21.9. The molecular formula is C31H30N6O2. The lowest BCUT2D eigenvalue weighted by atomic mass is 10.0. The summed E-state index contributed by atoms with van der Waals surface area (Å²) in [6.45, 7) is 3.28. The molecule has 1 atom stereocenters. The average Bonchev–Trinajstić information content (AvgIpc) is 3.58. The van der Waals surface area contributed by atoms with E-state index in [1.165, 1.54) is 6.33 Å². The van der Waals surface area contributed by atoms with Gasteiger partial charge >= 0.3 is 0 Å². The first-order valence-corrected chi connectivity index (χ1v) is 13.4. The Hall–Kier alpha value is -4.64. The highest BCUT2D eigenvalue weighted by Gasteiger charge is 2.33. The lowest BCUT2D eigenvalue weighted by Gasteiger charge is -2.25. The number of para-hydroxylation sites is 1. The number of ether oxygens (including phenoxy) is 1. The van der Waals surface area contributed by atoms with E-state index in [1.54, 1.807) is 0 Å². The highest BCUT2D eigenvalue weighted by Crippen LogP contribution is 2.38. The number of carbonyl (C=O) groups excluding carboxylic acids is 1. The number of nitriles is 1. The van der Waals surface area contributed by atoms with Crippen molar-refractivity contribution in [2.75, 3.05) is 12.3 Å². The molecular weight excluding hydrogens is 488 g/mol. The summed E-state index contributed by atoms with van der Waals surface area (Å²) < 4.78 is 8.12. The number of benzene rings is 2. The van der Waals surface area contributed by atoms with Gasteiger partial charge in [0.2, 0.25) is 0 Å². The van der Waals surface area contributed by atoms with E-state index in [9.17, 15) is 10.1 Å². The first-order chi connectivity index (χ1) is 19.0. The minimum absolute atomic E-state index is 0.0339. The number of allylic oxidation sites excluding steroid dienone is 1. The smallest absolute Gasteiger partial charge is 0.264 e. The number of anilines is 1. The van der Waals surface area contributed by atoms with Gasteiger partial charge in [0.25, 0.3) is 5.91 Å². The molecule has 0 radical (unpaired) electrons. The minimum atomic E-state index is -0.163. The van der Waals surface area contributed by atoms with Crippen LogP contribution in [-0.4, -0.2) is 37.9 Å². The summed E-state index contributed by atoms with van der Waals surface area (Å²) >= 11 is 0. The number of fused-ring (bicyclic) bond motifs is 1. The van der Waals surface area contributed by atoms with Gasteiger partial charge in [-0.15, -0.1) is 0 Å². The normalized spacial score (nSPS) is 17.4. The Morgan fingerprint density at radius 3 is 2.56 bits per heavy atom. The summed E-state index contributed by atoms with van der Waals surface area (Å²) in [5, 5.41) is 10.4. The molecule has 3 heterocycles. The molecule has 4 aromatic rings. The van der Waals surface area contributed by atoms with Crippen LogP contribution in [-0.2, 0) is 11.3 Å². The van der Waals surface area contributed by atoms with Gasteiger partial charge in [-0.1, -0.05) is 36.4 Å². The Kier molecular flexibility index (Phi) is 6.49. The highest BCUT2D eigenvalue weighted by molar-refractivity contribution is 6.02. The average molecular weight is 519 g/mol. The van der Waals surface area contributed by atoms with Crippen molar-refractivity contribution in [2.24, 2.45) is 5.92 Å². The third kappa shape index (κ3) is 4.84. The quantitative estimate of drug-likeness (QED) is 0.251.